The summed E-state index contributed by atoms with van der Waals surface area (Å²) in [6.45, 7) is 5.19. The Balaban J connectivity index is 2.06. The molecule has 1 aliphatic rings. The maximum absolute atomic E-state index is 12.3. The Morgan fingerprint density at radius 3 is 2.71 bits per heavy atom. The molecule has 1 amide bonds. The second-order valence-electron chi connectivity index (χ2n) is 5.66. The number of ether oxygens (including phenoxy) is 1. The van der Waals surface area contributed by atoms with E-state index < -0.39 is 5.54 Å². The predicted molar refractivity (Wildman–Crippen MR) is 80.8 cm³/mol. The van der Waals surface area contributed by atoms with E-state index in [1.54, 1.807) is 0 Å². The third-order valence-electron chi connectivity index (χ3n) is 4.03. The van der Waals surface area contributed by atoms with E-state index >= 15 is 0 Å². The van der Waals surface area contributed by atoms with E-state index in [1.807, 2.05) is 12.1 Å². The maximum atomic E-state index is 12.3. The van der Waals surface area contributed by atoms with Crippen molar-refractivity contribution in [1.29, 1.82) is 5.26 Å². The molecule has 0 bridgehead atoms. The van der Waals surface area contributed by atoms with E-state index in [0.29, 0.717) is 32.5 Å². The van der Waals surface area contributed by atoms with Crippen molar-refractivity contribution in [2.75, 3.05) is 13.2 Å². The Morgan fingerprint density at radius 1 is 1.38 bits per heavy atom. The molecule has 0 atom stereocenters. The summed E-state index contributed by atoms with van der Waals surface area (Å²) in [5.74, 6) is -0.0861. The molecule has 1 aliphatic heterocycles. The Hall–Kier alpha value is -1.86. The molecule has 0 radical (unpaired) electrons. The third-order valence-corrected chi connectivity index (χ3v) is 4.03. The Labute approximate surface area is 126 Å². The van der Waals surface area contributed by atoms with E-state index in [2.05, 4.69) is 31.3 Å². The highest BCUT2D eigenvalue weighted by Gasteiger charge is 2.34. The van der Waals surface area contributed by atoms with E-state index in [4.69, 9.17) is 4.74 Å². The normalized spacial score (nSPS) is 17.0. The number of nitrogens with one attached hydrogen (secondary N) is 1. The van der Waals surface area contributed by atoms with Crippen LogP contribution in [0.25, 0.3) is 0 Å². The average molecular weight is 286 g/mol. The van der Waals surface area contributed by atoms with Crippen molar-refractivity contribution in [3.63, 3.8) is 0 Å². The van der Waals surface area contributed by atoms with Gasteiger partial charge in [0.1, 0.15) is 5.54 Å². The van der Waals surface area contributed by atoms with Crippen LogP contribution in [0.15, 0.2) is 18.2 Å². The lowest BCUT2D eigenvalue weighted by atomic mass is 9.91. The zero-order valence-electron chi connectivity index (χ0n) is 12.7. The number of aryl methyl sites for hydroxylation is 2. The van der Waals surface area contributed by atoms with Crippen molar-refractivity contribution in [3.05, 3.63) is 34.9 Å². The van der Waals surface area contributed by atoms with Gasteiger partial charge in [-0.25, -0.2) is 0 Å². The van der Waals surface area contributed by atoms with Crippen molar-refractivity contribution in [2.24, 2.45) is 0 Å². The molecule has 1 saturated heterocycles. The topological polar surface area (TPSA) is 62.1 Å². The summed E-state index contributed by atoms with van der Waals surface area (Å²) < 4.78 is 5.27. The van der Waals surface area contributed by atoms with Gasteiger partial charge in [-0.15, -0.1) is 0 Å². The molecule has 0 saturated carbocycles. The molecule has 0 aliphatic carbocycles. The molecule has 0 spiro atoms. The van der Waals surface area contributed by atoms with Crippen LogP contribution >= 0.6 is 0 Å². The summed E-state index contributed by atoms with van der Waals surface area (Å²) in [7, 11) is 0. The lowest BCUT2D eigenvalue weighted by Crippen LogP contribution is -2.51. The molecule has 2 rings (SSSR count). The quantitative estimate of drug-likeness (QED) is 0.923. The first kappa shape index (κ1) is 15.5. The largest absolute Gasteiger partial charge is 0.381 e. The first-order valence-corrected chi connectivity index (χ1v) is 7.47. The summed E-state index contributed by atoms with van der Waals surface area (Å²) in [4.78, 5) is 12.3. The Bertz CT molecular complexity index is 554. The van der Waals surface area contributed by atoms with Gasteiger partial charge in [0.15, 0.2) is 0 Å². The molecule has 1 heterocycles. The average Bonchev–Trinajstić information content (AvgIpc) is 2.50. The van der Waals surface area contributed by atoms with E-state index in [0.717, 1.165) is 12.0 Å². The fourth-order valence-electron chi connectivity index (χ4n) is 2.72. The number of rotatable bonds is 4. The summed E-state index contributed by atoms with van der Waals surface area (Å²) in [6, 6.07) is 8.42. The molecule has 4 nitrogen and oxygen atoms in total. The van der Waals surface area contributed by atoms with E-state index in [9.17, 15) is 10.1 Å². The van der Waals surface area contributed by atoms with Gasteiger partial charge < -0.3 is 10.1 Å². The fourth-order valence-corrected chi connectivity index (χ4v) is 2.72. The van der Waals surface area contributed by atoms with Crippen molar-refractivity contribution in [2.45, 2.75) is 45.1 Å². The molecule has 0 unspecified atom stereocenters. The second-order valence-corrected chi connectivity index (χ2v) is 5.66. The van der Waals surface area contributed by atoms with Gasteiger partial charge in [0.05, 0.1) is 12.5 Å². The molecule has 4 heteroatoms. The van der Waals surface area contributed by atoms with Gasteiger partial charge in [-0.2, -0.15) is 5.26 Å². The first-order valence-electron chi connectivity index (χ1n) is 7.47. The van der Waals surface area contributed by atoms with Crippen LogP contribution in [0.1, 0.15) is 36.5 Å². The van der Waals surface area contributed by atoms with Gasteiger partial charge in [0.2, 0.25) is 5.91 Å². The van der Waals surface area contributed by atoms with E-state index in [1.165, 1.54) is 11.1 Å². The highest BCUT2D eigenvalue weighted by molar-refractivity contribution is 5.80. The number of benzene rings is 1. The standard InChI is InChI=1S/C17H22N2O2/c1-3-14-10-13(2)4-5-15(14)11-16(20)19-17(12-18)6-8-21-9-7-17/h4-5,10H,3,6-9,11H2,1-2H3,(H,19,20). The van der Waals surface area contributed by atoms with Crippen LogP contribution in [-0.4, -0.2) is 24.7 Å². The highest BCUT2D eigenvalue weighted by Crippen LogP contribution is 2.20. The van der Waals surface area contributed by atoms with Crippen molar-refractivity contribution >= 4 is 5.91 Å². The van der Waals surface area contributed by atoms with Gasteiger partial charge in [0, 0.05) is 26.1 Å². The van der Waals surface area contributed by atoms with Gasteiger partial charge in [-0.1, -0.05) is 30.7 Å². The summed E-state index contributed by atoms with van der Waals surface area (Å²) in [5, 5.41) is 12.3. The number of nitrogens with zero attached hydrogens (tertiary/aromatic N) is 1. The van der Waals surface area contributed by atoms with Crippen LogP contribution in [0.5, 0.6) is 0 Å². The zero-order chi connectivity index (χ0) is 15.3. The van der Waals surface area contributed by atoms with Crippen LogP contribution < -0.4 is 5.32 Å². The molecule has 1 N–H and O–H groups in total. The Morgan fingerprint density at radius 2 is 2.10 bits per heavy atom. The molecule has 1 fully saturated rings. The van der Waals surface area contributed by atoms with Crippen molar-refractivity contribution < 1.29 is 9.53 Å². The summed E-state index contributed by atoms with van der Waals surface area (Å²) in [5.41, 5.74) is 2.68. The molecule has 1 aromatic carbocycles. The minimum atomic E-state index is -0.758. The minimum Gasteiger partial charge on any atom is -0.381 e. The molecule has 0 aromatic heterocycles. The van der Waals surface area contributed by atoms with Crippen LogP contribution in [0.4, 0.5) is 0 Å². The number of carbonyl (C=O) groups excluding carboxylic acids is 1. The summed E-state index contributed by atoms with van der Waals surface area (Å²) in [6.07, 6.45) is 2.35. The number of nitriles is 1. The van der Waals surface area contributed by atoms with E-state index in [-0.39, 0.29) is 5.91 Å². The molecule has 1 aromatic rings. The fraction of sp³-hybridized carbons (Fsp3) is 0.529. The predicted octanol–water partition coefficient (Wildman–Crippen LogP) is 2.29. The SMILES string of the molecule is CCc1cc(C)ccc1CC(=O)NC1(C#N)CCOCC1. The third kappa shape index (κ3) is 3.83. The smallest absolute Gasteiger partial charge is 0.225 e. The zero-order valence-corrected chi connectivity index (χ0v) is 12.7. The molecule has 21 heavy (non-hydrogen) atoms. The number of hydrogen-bond donors (Lipinski definition) is 1. The number of amides is 1. The lowest BCUT2D eigenvalue weighted by Gasteiger charge is -2.31. The monoisotopic (exact) mass is 286 g/mol. The minimum absolute atomic E-state index is 0.0861. The number of hydrogen-bond acceptors (Lipinski definition) is 3. The van der Waals surface area contributed by atoms with Crippen molar-refractivity contribution in [1.82, 2.24) is 5.32 Å². The highest BCUT2D eigenvalue weighted by atomic mass is 16.5. The van der Waals surface area contributed by atoms with Gasteiger partial charge >= 0.3 is 0 Å². The van der Waals surface area contributed by atoms with Gasteiger partial charge in [-0.3, -0.25) is 4.79 Å². The summed E-state index contributed by atoms with van der Waals surface area (Å²) >= 11 is 0. The maximum Gasteiger partial charge on any atom is 0.225 e. The first-order chi connectivity index (χ1) is 10.1. The second kappa shape index (κ2) is 6.73. The van der Waals surface area contributed by atoms with Gasteiger partial charge in [0.25, 0.3) is 0 Å². The van der Waals surface area contributed by atoms with Crippen LogP contribution in [0.2, 0.25) is 0 Å². The molecular weight excluding hydrogens is 264 g/mol. The van der Waals surface area contributed by atoms with Gasteiger partial charge in [-0.05, 0) is 24.5 Å². The van der Waals surface area contributed by atoms with Crippen molar-refractivity contribution in [3.8, 4) is 6.07 Å². The lowest BCUT2D eigenvalue weighted by molar-refractivity contribution is -0.122. The van der Waals surface area contributed by atoms with Crippen LogP contribution in [-0.2, 0) is 22.4 Å². The molecular formula is C17H22N2O2. The van der Waals surface area contributed by atoms with Crippen LogP contribution in [0.3, 0.4) is 0 Å². The molecule has 112 valence electrons. The Kier molecular flexibility index (Phi) is 4.98. The number of carbonyl (C=O) groups is 1. The van der Waals surface area contributed by atoms with Crippen LogP contribution in [0, 0.1) is 18.3 Å².